The Bertz CT molecular complexity index is 977. The maximum absolute atomic E-state index is 12.4. The van der Waals surface area contributed by atoms with Crippen molar-refractivity contribution in [3.63, 3.8) is 0 Å². The average molecular weight is 380 g/mol. The monoisotopic (exact) mass is 380 g/mol. The van der Waals surface area contributed by atoms with Crippen molar-refractivity contribution in [1.82, 2.24) is 29.6 Å². The van der Waals surface area contributed by atoms with Crippen molar-refractivity contribution < 1.29 is 4.74 Å². The fraction of sp³-hybridized carbons (Fsp3) is 0.400. The van der Waals surface area contributed by atoms with E-state index in [2.05, 4.69) is 25.0 Å². The molecule has 0 bridgehead atoms. The Hall–Kier alpha value is -3.00. The number of ether oxygens (including phenoxy) is 1. The first-order chi connectivity index (χ1) is 13.6. The normalized spacial score (nSPS) is 17.6. The van der Waals surface area contributed by atoms with Gasteiger partial charge in [0.05, 0.1) is 19.3 Å². The predicted octanol–water partition coefficient (Wildman–Crippen LogP) is 2.05. The summed E-state index contributed by atoms with van der Waals surface area (Å²) in [4.78, 5) is 26.5. The Morgan fingerprint density at radius 1 is 1.21 bits per heavy atom. The third kappa shape index (κ3) is 3.96. The fourth-order valence-electron chi connectivity index (χ4n) is 3.55. The number of piperidine rings is 1. The Morgan fingerprint density at radius 3 is 2.68 bits per heavy atom. The zero-order chi connectivity index (χ0) is 19.5. The molecule has 3 heterocycles. The molecule has 1 aliphatic rings. The molecule has 1 atom stereocenters. The van der Waals surface area contributed by atoms with Crippen LogP contribution in [0, 0.1) is 6.92 Å². The summed E-state index contributed by atoms with van der Waals surface area (Å²) in [5, 5.41) is 4.56. The standard InChI is InChI=1S/C20H24N6O2/c1-14-10-21-18(22-11-14)13-25-9-3-4-15(12-25)19-23-20(27)26(24-19)16-5-7-17(28-2)8-6-16/h5-8,10-11,15H,3-4,9,12-13H2,1-2H3,(H,23,24,27)/t15-/m0/s1. The van der Waals surface area contributed by atoms with E-state index >= 15 is 0 Å². The van der Waals surface area contributed by atoms with Crippen LogP contribution in [0.15, 0.2) is 41.5 Å². The molecule has 1 fully saturated rings. The number of hydrogen-bond acceptors (Lipinski definition) is 6. The molecule has 0 radical (unpaired) electrons. The summed E-state index contributed by atoms with van der Waals surface area (Å²) in [7, 11) is 1.62. The molecule has 1 aromatic carbocycles. The fourth-order valence-corrected chi connectivity index (χ4v) is 3.55. The van der Waals surface area contributed by atoms with E-state index in [1.165, 1.54) is 4.68 Å². The number of hydrogen-bond donors (Lipinski definition) is 1. The van der Waals surface area contributed by atoms with E-state index in [0.29, 0.717) is 12.2 Å². The number of aromatic amines is 1. The number of rotatable bonds is 5. The molecule has 8 heteroatoms. The van der Waals surface area contributed by atoms with Gasteiger partial charge in [0, 0.05) is 24.9 Å². The first-order valence-corrected chi connectivity index (χ1v) is 9.46. The summed E-state index contributed by atoms with van der Waals surface area (Å²) in [5.74, 6) is 2.49. The van der Waals surface area contributed by atoms with Crippen LogP contribution in [0.2, 0.25) is 0 Å². The van der Waals surface area contributed by atoms with Gasteiger partial charge in [-0.1, -0.05) is 0 Å². The Kier molecular flexibility index (Phi) is 5.21. The lowest BCUT2D eigenvalue weighted by Gasteiger charge is -2.30. The zero-order valence-corrected chi connectivity index (χ0v) is 16.1. The number of likely N-dealkylation sites (tertiary alicyclic amines) is 1. The van der Waals surface area contributed by atoms with Gasteiger partial charge in [-0.05, 0) is 56.1 Å². The van der Waals surface area contributed by atoms with Crippen LogP contribution in [0.25, 0.3) is 5.69 Å². The Morgan fingerprint density at radius 2 is 1.96 bits per heavy atom. The SMILES string of the molecule is COc1ccc(-n2nc([C@H]3CCCN(Cc4ncc(C)cn4)C3)[nH]c2=O)cc1. The van der Waals surface area contributed by atoms with Crippen molar-refractivity contribution in [3.05, 3.63) is 64.4 Å². The second-order valence-electron chi connectivity index (χ2n) is 7.18. The van der Waals surface area contributed by atoms with Crippen molar-refractivity contribution >= 4 is 0 Å². The third-order valence-corrected chi connectivity index (χ3v) is 5.04. The molecular formula is C20H24N6O2. The van der Waals surface area contributed by atoms with E-state index < -0.39 is 0 Å². The number of benzene rings is 1. The Labute approximate surface area is 163 Å². The molecule has 8 nitrogen and oxygen atoms in total. The maximum Gasteiger partial charge on any atom is 0.348 e. The van der Waals surface area contributed by atoms with E-state index in [9.17, 15) is 4.79 Å². The summed E-state index contributed by atoms with van der Waals surface area (Å²) < 4.78 is 6.58. The lowest BCUT2D eigenvalue weighted by atomic mass is 9.97. The third-order valence-electron chi connectivity index (χ3n) is 5.04. The van der Waals surface area contributed by atoms with Gasteiger partial charge in [-0.15, -0.1) is 5.10 Å². The predicted molar refractivity (Wildman–Crippen MR) is 105 cm³/mol. The van der Waals surface area contributed by atoms with Crippen molar-refractivity contribution in [2.75, 3.05) is 20.2 Å². The van der Waals surface area contributed by atoms with Crippen molar-refractivity contribution in [2.24, 2.45) is 0 Å². The number of nitrogens with zero attached hydrogens (tertiary/aromatic N) is 5. The van der Waals surface area contributed by atoms with Gasteiger partial charge in [-0.3, -0.25) is 9.88 Å². The maximum atomic E-state index is 12.4. The van der Waals surface area contributed by atoms with Gasteiger partial charge in [-0.2, -0.15) is 4.68 Å². The van der Waals surface area contributed by atoms with E-state index in [1.54, 1.807) is 7.11 Å². The molecule has 0 aliphatic carbocycles. The molecule has 1 aliphatic heterocycles. The van der Waals surface area contributed by atoms with E-state index in [4.69, 9.17) is 4.74 Å². The quantitative estimate of drug-likeness (QED) is 0.729. The smallest absolute Gasteiger partial charge is 0.348 e. The highest BCUT2D eigenvalue weighted by Crippen LogP contribution is 2.25. The minimum absolute atomic E-state index is 0.186. The lowest BCUT2D eigenvalue weighted by Crippen LogP contribution is -2.34. The molecule has 3 aromatic rings. The van der Waals surface area contributed by atoms with Gasteiger partial charge in [0.25, 0.3) is 0 Å². The summed E-state index contributed by atoms with van der Waals surface area (Å²) in [6.07, 6.45) is 5.74. The first kappa shape index (κ1) is 18.4. The van der Waals surface area contributed by atoms with Crippen LogP contribution in [0.5, 0.6) is 5.75 Å². The minimum Gasteiger partial charge on any atom is -0.497 e. The minimum atomic E-state index is -0.223. The molecule has 0 amide bonds. The highest BCUT2D eigenvalue weighted by molar-refractivity contribution is 5.36. The molecule has 4 rings (SSSR count). The van der Waals surface area contributed by atoms with Crippen LogP contribution in [0.4, 0.5) is 0 Å². The summed E-state index contributed by atoms with van der Waals surface area (Å²) >= 11 is 0. The number of nitrogens with one attached hydrogen (secondary N) is 1. The molecule has 0 unspecified atom stereocenters. The highest BCUT2D eigenvalue weighted by atomic mass is 16.5. The van der Waals surface area contributed by atoms with Crippen LogP contribution < -0.4 is 10.4 Å². The van der Waals surface area contributed by atoms with Crippen molar-refractivity contribution in [3.8, 4) is 11.4 Å². The Balaban J connectivity index is 1.49. The van der Waals surface area contributed by atoms with Crippen LogP contribution in [0.3, 0.4) is 0 Å². The van der Waals surface area contributed by atoms with Crippen LogP contribution in [-0.2, 0) is 6.54 Å². The number of aryl methyl sites for hydroxylation is 1. The van der Waals surface area contributed by atoms with Gasteiger partial charge in [0.1, 0.15) is 17.4 Å². The zero-order valence-electron chi connectivity index (χ0n) is 16.1. The van der Waals surface area contributed by atoms with Crippen molar-refractivity contribution in [1.29, 1.82) is 0 Å². The largest absolute Gasteiger partial charge is 0.497 e. The molecule has 0 saturated carbocycles. The van der Waals surface area contributed by atoms with Crippen LogP contribution in [-0.4, -0.2) is 49.8 Å². The van der Waals surface area contributed by atoms with Crippen LogP contribution in [0.1, 0.15) is 36.0 Å². The van der Waals surface area contributed by atoms with Crippen LogP contribution >= 0.6 is 0 Å². The molecular weight excluding hydrogens is 356 g/mol. The van der Waals surface area contributed by atoms with Crippen molar-refractivity contribution in [2.45, 2.75) is 32.2 Å². The molecule has 0 spiro atoms. The number of H-pyrrole nitrogens is 1. The highest BCUT2D eigenvalue weighted by Gasteiger charge is 2.25. The van der Waals surface area contributed by atoms with Gasteiger partial charge in [-0.25, -0.2) is 14.8 Å². The summed E-state index contributed by atoms with van der Waals surface area (Å²) in [6.45, 7) is 4.51. The summed E-state index contributed by atoms with van der Waals surface area (Å²) in [6, 6.07) is 7.29. The second-order valence-corrected chi connectivity index (χ2v) is 7.18. The molecule has 28 heavy (non-hydrogen) atoms. The van der Waals surface area contributed by atoms with E-state index in [0.717, 1.165) is 48.9 Å². The first-order valence-electron chi connectivity index (χ1n) is 9.46. The van der Waals surface area contributed by atoms with Gasteiger partial charge >= 0.3 is 5.69 Å². The van der Waals surface area contributed by atoms with Gasteiger partial charge in [0.2, 0.25) is 0 Å². The van der Waals surface area contributed by atoms with Gasteiger partial charge in [0.15, 0.2) is 0 Å². The molecule has 1 saturated heterocycles. The number of aromatic nitrogens is 5. The molecule has 2 aromatic heterocycles. The summed E-state index contributed by atoms with van der Waals surface area (Å²) in [5.41, 5.74) is 1.55. The molecule has 146 valence electrons. The number of methoxy groups -OCH3 is 1. The van der Waals surface area contributed by atoms with Gasteiger partial charge < -0.3 is 4.74 Å². The van der Waals surface area contributed by atoms with E-state index in [1.807, 2.05) is 43.6 Å². The van der Waals surface area contributed by atoms with E-state index in [-0.39, 0.29) is 11.6 Å². The second kappa shape index (κ2) is 7.93. The average Bonchev–Trinajstić information content (AvgIpc) is 3.12. The topological polar surface area (TPSA) is 88.9 Å². The lowest BCUT2D eigenvalue weighted by molar-refractivity contribution is 0.192. The molecule has 1 N–H and O–H groups in total.